The number of aromatic amines is 1. The molecule has 0 radical (unpaired) electrons. The first-order valence-electron chi connectivity index (χ1n) is 8.12. The van der Waals surface area contributed by atoms with Crippen LogP contribution in [0.4, 0.5) is 13.2 Å². The van der Waals surface area contributed by atoms with Crippen molar-refractivity contribution in [2.75, 3.05) is 12.8 Å². The van der Waals surface area contributed by atoms with Crippen molar-refractivity contribution >= 4 is 28.6 Å². The predicted molar refractivity (Wildman–Crippen MR) is 99.2 cm³/mol. The summed E-state index contributed by atoms with van der Waals surface area (Å²) in [5.41, 5.74) is 0.219. The molecule has 0 aliphatic heterocycles. The molecular weight excluding hydrogens is 393 g/mol. The van der Waals surface area contributed by atoms with Gasteiger partial charge in [-0.3, -0.25) is 9.59 Å². The average molecular weight is 408 g/mol. The molecular formula is C18H15F3N4O2S. The number of halogens is 3. The molecule has 0 bridgehead atoms. The number of alkyl halides is 3. The topological polar surface area (TPSA) is 79.0 Å². The lowest BCUT2D eigenvalue weighted by molar-refractivity contribution is -0.105. The quantitative estimate of drug-likeness (QED) is 0.656. The number of carbonyl (C=O) groups excluding carboxylic acids is 1. The van der Waals surface area contributed by atoms with Crippen LogP contribution in [0.5, 0.6) is 0 Å². The third-order valence-corrected chi connectivity index (χ3v) is 4.84. The molecule has 10 heteroatoms. The summed E-state index contributed by atoms with van der Waals surface area (Å²) in [5.74, 6) is -1.39. The Bertz CT molecular complexity index is 1070. The highest BCUT2D eigenvalue weighted by molar-refractivity contribution is 7.99. The van der Waals surface area contributed by atoms with Crippen LogP contribution in [0, 0.1) is 0 Å². The van der Waals surface area contributed by atoms with Crippen LogP contribution in [-0.4, -0.2) is 44.7 Å². The monoisotopic (exact) mass is 408 g/mol. The highest BCUT2D eigenvalue weighted by Gasteiger charge is 2.29. The SMILES string of the molecule is CN(Cc1nc2ccccc2c(=O)[nH]1)C(=O)c1cccnc1SCC(F)(F)F. The Morgan fingerprint density at radius 2 is 1.96 bits per heavy atom. The van der Waals surface area contributed by atoms with Crippen molar-refractivity contribution in [1.82, 2.24) is 19.9 Å². The fraction of sp³-hybridized carbons (Fsp3) is 0.222. The first-order valence-corrected chi connectivity index (χ1v) is 9.11. The van der Waals surface area contributed by atoms with Gasteiger partial charge in [0.15, 0.2) is 0 Å². The van der Waals surface area contributed by atoms with Crippen LogP contribution in [0.3, 0.4) is 0 Å². The fourth-order valence-electron chi connectivity index (χ4n) is 2.53. The lowest BCUT2D eigenvalue weighted by Gasteiger charge is -2.18. The molecule has 28 heavy (non-hydrogen) atoms. The summed E-state index contributed by atoms with van der Waals surface area (Å²) in [6.45, 7) is -0.0167. The van der Waals surface area contributed by atoms with Crippen LogP contribution in [0.15, 0.2) is 52.4 Å². The second-order valence-corrected chi connectivity index (χ2v) is 6.92. The van der Waals surface area contributed by atoms with E-state index < -0.39 is 17.8 Å². The van der Waals surface area contributed by atoms with E-state index in [1.54, 1.807) is 24.3 Å². The summed E-state index contributed by atoms with van der Waals surface area (Å²) in [6, 6.07) is 9.68. The number of nitrogens with one attached hydrogen (secondary N) is 1. The molecule has 0 aliphatic rings. The zero-order chi connectivity index (χ0) is 20.3. The van der Waals surface area contributed by atoms with Crippen LogP contribution in [0.1, 0.15) is 16.2 Å². The molecule has 0 aliphatic carbocycles. The Morgan fingerprint density at radius 3 is 2.71 bits per heavy atom. The first kappa shape index (κ1) is 19.9. The number of hydrogen-bond acceptors (Lipinski definition) is 5. The second-order valence-electron chi connectivity index (χ2n) is 5.95. The Morgan fingerprint density at radius 1 is 1.21 bits per heavy atom. The van der Waals surface area contributed by atoms with Gasteiger partial charge in [-0.15, -0.1) is 0 Å². The van der Waals surface area contributed by atoms with Gasteiger partial charge in [0.25, 0.3) is 11.5 Å². The van der Waals surface area contributed by atoms with Crippen molar-refractivity contribution in [2.24, 2.45) is 0 Å². The molecule has 3 aromatic rings. The Kier molecular flexibility index (Phi) is 5.68. The third-order valence-electron chi connectivity index (χ3n) is 3.77. The molecule has 0 saturated carbocycles. The van der Waals surface area contributed by atoms with Crippen molar-refractivity contribution in [3.05, 3.63) is 64.3 Å². The number of nitrogens with zero attached hydrogens (tertiary/aromatic N) is 3. The predicted octanol–water partition coefficient (Wildman–Crippen LogP) is 3.24. The van der Waals surface area contributed by atoms with E-state index in [-0.39, 0.29) is 28.5 Å². The maximum absolute atomic E-state index is 12.7. The first-order chi connectivity index (χ1) is 13.2. The van der Waals surface area contributed by atoms with E-state index in [4.69, 9.17) is 0 Å². The molecule has 0 spiro atoms. The van der Waals surface area contributed by atoms with Gasteiger partial charge in [0, 0.05) is 13.2 Å². The zero-order valence-corrected chi connectivity index (χ0v) is 15.5. The molecule has 1 amide bonds. The van der Waals surface area contributed by atoms with Crippen LogP contribution >= 0.6 is 11.8 Å². The smallest absolute Gasteiger partial charge is 0.334 e. The molecule has 6 nitrogen and oxygen atoms in total. The Labute approximate surface area is 161 Å². The van der Waals surface area contributed by atoms with Crippen molar-refractivity contribution in [2.45, 2.75) is 17.7 Å². The van der Waals surface area contributed by atoms with Gasteiger partial charge in [0.05, 0.1) is 28.8 Å². The molecule has 2 aromatic heterocycles. The van der Waals surface area contributed by atoms with Gasteiger partial charge < -0.3 is 9.88 Å². The number of amides is 1. The van der Waals surface area contributed by atoms with Gasteiger partial charge in [0.1, 0.15) is 10.9 Å². The van der Waals surface area contributed by atoms with E-state index in [9.17, 15) is 22.8 Å². The van der Waals surface area contributed by atoms with Crippen molar-refractivity contribution in [3.63, 3.8) is 0 Å². The zero-order valence-electron chi connectivity index (χ0n) is 14.7. The summed E-state index contributed by atoms with van der Waals surface area (Å²) in [7, 11) is 1.47. The maximum atomic E-state index is 12.7. The van der Waals surface area contributed by atoms with Gasteiger partial charge in [-0.25, -0.2) is 9.97 Å². The summed E-state index contributed by atoms with van der Waals surface area (Å²) >= 11 is 0.453. The number of H-pyrrole nitrogens is 1. The molecule has 146 valence electrons. The van der Waals surface area contributed by atoms with E-state index in [0.717, 1.165) is 0 Å². The number of benzene rings is 1. The fourth-order valence-corrected chi connectivity index (χ4v) is 3.28. The number of thioether (sulfide) groups is 1. The minimum atomic E-state index is -4.37. The van der Waals surface area contributed by atoms with E-state index in [0.29, 0.717) is 22.7 Å². The van der Waals surface area contributed by atoms with E-state index in [1.807, 2.05) is 0 Å². The molecule has 1 N–H and O–H groups in total. The summed E-state index contributed by atoms with van der Waals surface area (Å²) in [5, 5.41) is 0.426. The Hall–Kier alpha value is -2.88. The van der Waals surface area contributed by atoms with Gasteiger partial charge >= 0.3 is 6.18 Å². The normalized spacial score (nSPS) is 11.6. The second kappa shape index (κ2) is 8.01. The maximum Gasteiger partial charge on any atom is 0.398 e. The number of para-hydroxylation sites is 1. The highest BCUT2D eigenvalue weighted by Crippen LogP contribution is 2.28. The number of carbonyl (C=O) groups is 1. The van der Waals surface area contributed by atoms with Crippen LogP contribution < -0.4 is 5.56 Å². The minimum absolute atomic E-state index is 0.00311. The van der Waals surface area contributed by atoms with E-state index in [2.05, 4.69) is 15.0 Å². The van der Waals surface area contributed by atoms with Crippen molar-refractivity contribution in [3.8, 4) is 0 Å². The molecule has 0 atom stereocenters. The number of rotatable bonds is 5. The third kappa shape index (κ3) is 4.69. The molecule has 0 saturated heterocycles. The molecule has 2 heterocycles. The van der Waals surface area contributed by atoms with Crippen LogP contribution in [0.25, 0.3) is 10.9 Å². The molecule has 3 rings (SSSR count). The summed E-state index contributed by atoms with van der Waals surface area (Å²) in [6.07, 6.45) is -3.04. The number of pyridine rings is 1. The number of aromatic nitrogens is 3. The molecule has 0 fully saturated rings. The van der Waals surface area contributed by atoms with Gasteiger partial charge in [-0.1, -0.05) is 23.9 Å². The average Bonchev–Trinajstić information content (AvgIpc) is 2.65. The molecule has 1 aromatic carbocycles. The minimum Gasteiger partial charge on any atom is -0.334 e. The Balaban J connectivity index is 1.81. The summed E-state index contributed by atoms with van der Waals surface area (Å²) in [4.78, 5) is 36.9. The largest absolute Gasteiger partial charge is 0.398 e. The van der Waals surface area contributed by atoms with Gasteiger partial charge in [-0.2, -0.15) is 13.2 Å². The van der Waals surface area contributed by atoms with E-state index in [1.165, 1.54) is 30.3 Å². The number of fused-ring (bicyclic) bond motifs is 1. The van der Waals surface area contributed by atoms with Crippen LogP contribution in [0.2, 0.25) is 0 Å². The van der Waals surface area contributed by atoms with Gasteiger partial charge in [-0.05, 0) is 24.3 Å². The highest BCUT2D eigenvalue weighted by atomic mass is 32.2. The van der Waals surface area contributed by atoms with E-state index >= 15 is 0 Å². The van der Waals surface area contributed by atoms with Crippen LogP contribution in [-0.2, 0) is 6.54 Å². The lowest BCUT2D eigenvalue weighted by atomic mass is 10.2. The lowest BCUT2D eigenvalue weighted by Crippen LogP contribution is -2.29. The van der Waals surface area contributed by atoms with Crippen molar-refractivity contribution < 1.29 is 18.0 Å². The van der Waals surface area contributed by atoms with Gasteiger partial charge in [0.2, 0.25) is 0 Å². The summed E-state index contributed by atoms with van der Waals surface area (Å²) < 4.78 is 37.5. The standard InChI is InChI=1S/C18H15F3N4O2S/c1-25(9-14-23-13-7-3-2-5-11(13)15(26)24-14)17(27)12-6-4-8-22-16(12)28-10-18(19,20)21/h2-8H,9-10H2,1H3,(H,23,24,26). The molecule has 0 unspecified atom stereocenters. The number of hydrogen-bond donors (Lipinski definition) is 1. The van der Waals surface area contributed by atoms with Crippen molar-refractivity contribution in [1.29, 1.82) is 0 Å².